The standard InChI is InChI=1S/C11H17ClN2O3S/c1-3-8(15)6-14-18(16,17)9-4-7(2)11(12)10(13)5-9/h4-5,8,14-15H,3,6,13H2,1-2H3. The number of nitrogens with two attached hydrogens (primary N) is 1. The number of benzene rings is 1. The summed E-state index contributed by atoms with van der Waals surface area (Å²) in [6, 6.07) is 2.75. The van der Waals surface area contributed by atoms with Crippen molar-refractivity contribution in [3.05, 3.63) is 22.7 Å². The van der Waals surface area contributed by atoms with E-state index in [1.165, 1.54) is 12.1 Å². The fraction of sp³-hybridized carbons (Fsp3) is 0.455. The fourth-order valence-corrected chi connectivity index (χ4v) is 2.65. The van der Waals surface area contributed by atoms with Crippen LogP contribution in [0.1, 0.15) is 18.9 Å². The minimum absolute atomic E-state index is 0.0274. The summed E-state index contributed by atoms with van der Waals surface area (Å²) in [5, 5.41) is 9.70. The van der Waals surface area contributed by atoms with Gasteiger partial charge in [-0.25, -0.2) is 13.1 Å². The van der Waals surface area contributed by atoms with Crippen LogP contribution in [0, 0.1) is 6.92 Å². The second kappa shape index (κ2) is 5.88. The van der Waals surface area contributed by atoms with E-state index in [4.69, 9.17) is 17.3 Å². The predicted octanol–water partition coefficient (Wildman–Crippen LogP) is 1.28. The Morgan fingerprint density at radius 1 is 1.50 bits per heavy atom. The first-order valence-corrected chi connectivity index (χ1v) is 7.37. The van der Waals surface area contributed by atoms with Gasteiger partial charge in [0.1, 0.15) is 0 Å². The molecule has 1 unspecified atom stereocenters. The molecule has 0 radical (unpaired) electrons. The van der Waals surface area contributed by atoms with Gasteiger partial charge in [-0.15, -0.1) is 0 Å². The van der Waals surface area contributed by atoms with Crippen molar-refractivity contribution in [3.8, 4) is 0 Å². The van der Waals surface area contributed by atoms with Crippen molar-refractivity contribution in [1.82, 2.24) is 4.72 Å². The highest BCUT2D eigenvalue weighted by Crippen LogP contribution is 2.26. The van der Waals surface area contributed by atoms with Crippen molar-refractivity contribution in [2.45, 2.75) is 31.3 Å². The molecule has 0 bridgehead atoms. The van der Waals surface area contributed by atoms with Gasteiger partial charge in [0.05, 0.1) is 21.7 Å². The number of sulfonamides is 1. The van der Waals surface area contributed by atoms with E-state index in [0.717, 1.165) is 0 Å². The molecule has 18 heavy (non-hydrogen) atoms. The van der Waals surface area contributed by atoms with Crippen LogP contribution < -0.4 is 10.5 Å². The molecule has 1 aromatic rings. The first kappa shape index (κ1) is 15.2. The summed E-state index contributed by atoms with van der Waals surface area (Å²) in [5.74, 6) is 0. The van der Waals surface area contributed by atoms with E-state index in [0.29, 0.717) is 17.0 Å². The summed E-state index contributed by atoms with van der Waals surface area (Å²) in [5.41, 5.74) is 6.43. The Balaban J connectivity index is 2.99. The number of nitrogens with one attached hydrogen (secondary N) is 1. The van der Waals surface area contributed by atoms with Crippen LogP contribution in [0.25, 0.3) is 0 Å². The van der Waals surface area contributed by atoms with Gasteiger partial charge in [0.2, 0.25) is 10.0 Å². The maximum atomic E-state index is 11.9. The molecule has 0 amide bonds. The van der Waals surface area contributed by atoms with E-state index in [-0.39, 0.29) is 17.1 Å². The number of hydrogen-bond acceptors (Lipinski definition) is 4. The molecule has 0 fully saturated rings. The van der Waals surface area contributed by atoms with Crippen molar-refractivity contribution in [2.24, 2.45) is 0 Å². The van der Waals surface area contributed by atoms with Crippen LogP contribution in [0.3, 0.4) is 0 Å². The van der Waals surface area contributed by atoms with E-state index in [9.17, 15) is 13.5 Å². The number of anilines is 1. The Morgan fingerprint density at radius 2 is 2.11 bits per heavy atom. The monoisotopic (exact) mass is 292 g/mol. The van der Waals surface area contributed by atoms with Crippen molar-refractivity contribution in [3.63, 3.8) is 0 Å². The second-order valence-electron chi connectivity index (χ2n) is 4.06. The normalized spacial score (nSPS) is 13.6. The molecule has 0 aliphatic heterocycles. The Kier molecular flexibility index (Phi) is 4.98. The predicted molar refractivity (Wildman–Crippen MR) is 72.1 cm³/mol. The fourth-order valence-electron chi connectivity index (χ4n) is 1.35. The van der Waals surface area contributed by atoms with Crippen molar-refractivity contribution in [2.75, 3.05) is 12.3 Å². The number of rotatable bonds is 5. The van der Waals surface area contributed by atoms with Crippen molar-refractivity contribution in [1.29, 1.82) is 0 Å². The van der Waals surface area contributed by atoms with Gasteiger partial charge in [-0.05, 0) is 31.0 Å². The van der Waals surface area contributed by atoms with Crippen LogP contribution in [-0.4, -0.2) is 26.2 Å². The molecule has 7 heteroatoms. The number of nitrogen functional groups attached to an aromatic ring is 1. The van der Waals surface area contributed by atoms with E-state index in [2.05, 4.69) is 4.72 Å². The SMILES string of the molecule is CCC(O)CNS(=O)(=O)c1cc(C)c(Cl)c(N)c1. The third-order valence-electron chi connectivity index (χ3n) is 2.55. The summed E-state index contributed by atoms with van der Waals surface area (Å²) < 4.78 is 26.2. The zero-order valence-corrected chi connectivity index (χ0v) is 11.8. The smallest absolute Gasteiger partial charge is 0.240 e. The van der Waals surface area contributed by atoms with Gasteiger partial charge < -0.3 is 10.8 Å². The number of aliphatic hydroxyl groups is 1. The minimum Gasteiger partial charge on any atom is -0.397 e. The molecule has 5 nitrogen and oxygen atoms in total. The molecule has 1 aromatic carbocycles. The lowest BCUT2D eigenvalue weighted by atomic mass is 10.2. The Morgan fingerprint density at radius 3 is 2.61 bits per heavy atom. The van der Waals surface area contributed by atoms with Crippen LogP contribution in [0.5, 0.6) is 0 Å². The minimum atomic E-state index is -3.68. The highest BCUT2D eigenvalue weighted by molar-refractivity contribution is 7.89. The molecular weight excluding hydrogens is 276 g/mol. The van der Waals surface area contributed by atoms with E-state index in [1.54, 1.807) is 13.8 Å². The third kappa shape index (κ3) is 3.58. The quantitative estimate of drug-likeness (QED) is 0.713. The zero-order chi connectivity index (χ0) is 13.9. The first-order valence-electron chi connectivity index (χ1n) is 5.51. The average molecular weight is 293 g/mol. The van der Waals surface area contributed by atoms with Gasteiger partial charge in [0.25, 0.3) is 0 Å². The summed E-state index contributed by atoms with van der Waals surface area (Å²) in [7, 11) is -3.68. The molecule has 0 saturated carbocycles. The second-order valence-corrected chi connectivity index (χ2v) is 6.20. The zero-order valence-electron chi connectivity index (χ0n) is 10.3. The Bertz CT molecular complexity index is 508. The van der Waals surface area contributed by atoms with Crippen LogP contribution >= 0.6 is 11.6 Å². The van der Waals surface area contributed by atoms with Gasteiger partial charge in [-0.2, -0.15) is 0 Å². The van der Waals surface area contributed by atoms with Crippen molar-refractivity contribution < 1.29 is 13.5 Å². The number of aryl methyl sites for hydroxylation is 1. The molecule has 0 aliphatic rings. The average Bonchev–Trinajstić information content (AvgIpc) is 2.32. The topological polar surface area (TPSA) is 92.4 Å². The number of aliphatic hydroxyl groups excluding tert-OH is 1. The Labute approximate surface area is 112 Å². The van der Waals surface area contributed by atoms with E-state index < -0.39 is 16.1 Å². The van der Waals surface area contributed by atoms with Gasteiger partial charge in [-0.3, -0.25) is 0 Å². The molecule has 1 rings (SSSR count). The Hall–Kier alpha value is -0.820. The maximum Gasteiger partial charge on any atom is 0.240 e. The van der Waals surface area contributed by atoms with Crippen LogP contribution in [0.4, 0.5) is 5.69 Å². The third-order valence-corrected chi connectivity index (χ3v) is 4.47. The molecule has 0 saturated heterocycles. The van der Waals surface area contributed by atoms with Crippen LogP contribution in [0.2, 0.25) is 5.02 Å². The molecule has 0 aromatic heterocycles. The van der Waals surface area contributed by atoms with Crippen molar-refractivity contribution >= 4 is 27.3 Å². The summed E-state index contributed by atoms with van der Waals surface area (Å²) in [6.45, 7) is 3.42. The molecule has 0 spiro atoms. The molecular formula is C11H17ClN2O3S. The molecule has 0 heterocycles. The molecule has 4 N–H and O–H groups in total. The summed E-state index contributed by atoms with van der Waals surface area (Å²) >= 11 is 5.87. The lowest BCUT2D eigenvalue weighted by Gasteiger charge is -2.12. The number of hydrogen-bond donors (Lipinski definition) is 3. The largest absolute Gasteiger partial charge is 0.397 e. The van der Waals surface area contributed by atoms with E-state index >= 15 is 0 Å². The lowest BCUT2D eigenvalue weighted by molar-refractivity contribution is 0.174. The molecule has 102 valence electrons. The van der Waals surface area contributed by atoms with Crippen LogP contribution in [-0.2, 0) is 10.0 Å². The van der Waals surface area contributed by atoms with Gasteiger partial charge in [0.15, 0.2) is 0 Å². The molecule has 1 atom stereocenters. The summed E-state index contributed by atoms with van der Waals surface area (Å²) in [6.07, 6.45) is -0.227. The highest BCUT2D eigenvalue weighted by atomic mass is 35.5. The maximum absolute atomic E-state index is 11.9. The van der Waals surface area contributed by atoms with E-state index in [1.807, 2.05) is 0 Å². The van der Waals surface area contributed by atoms with Gasteiger partial charge >= 0.3 is 0 Å². The number of halogens is 1. The molecule has 0 aliphatic carbocycles. The van der Waals surface area contributed by atoms with Gasteiger partial charge in [-0.1, -0.05) is 18.5 Å². The summed E-state index contributed by atoms with van der Waals surface area (Å²) in [4.78, 5) is 0.0465. The first-order chi connectivity index (χ1) is 8.27. The van der Waals surface area contributed by atoms with Crippen LogP contribution in [0.15, 0.2) is 17.0 Å². The highest BCUT2D eigenvalue weighted by Gasteiger charge is 2.17. The van der Waals surface area contributed by atoms with Gasteiger partial charge in [0, 0.05) is 6.54 Å². The lowest BCUT2D eigenvalue weighted by Crippen LogP contribution is -2.31.